The van der Waals surface area contributed by atoms with Crippen molar-refractivity contribution in [1.29, 1.82) is 0 Å². The lowest BCUT2D eigenvalue weighted by molar-refractivity contribution is -0.136. The molecule has 29 heavy (non-hydrogen) atoms. The maximum absolute atomic E-state index is 10.8. The molecule has 1 saturated heterocycles. The molecule has 2 aromatic heterocycles. The molecular formula is C20H23N7O2. The molecule has 0 spiro atoms. The van der Waals surface area contributed by atoms with Crippen LogP contribution < -0.4 is 10.2 Å². The minimum Gasteiger partial charge on any atom is -0.481 e. The normalized spacial score (nSPS) is 14.8. The molecular weight excluding hydrogens is 370 g/mol. The third-order valence-corrected chi connectivity index (χ3v) is 4.85. The van der Waals surface area contributed by atoms with Gasteiger partial charge in [-0.15, -0.1) is 0 Å². The van der Waals surface area contributed by atoms with Gasteiger partial charge in [0, 0.05) is 50.5 Å². The first kappa shape index (κ1) is 19.0. The van der Waals surface area contributed by atoms with Crippen LogP contribution in [-0.2, 0) is 11.3 Å². The van der Waals surface area contributed by atoms with Gasteiger partial charge in [-0.05, 0) is 18.2 Å². The first-order valence-electron chi connectivity index (χ1n) is 9.65. The van der Waals surface area contributed by atoms with Crippen LogP contribution in [0.2, 0.25) is 0 Å². The molecule has 0 unspecified atom stereocenters. The van der Waals surface area contributed by atoms with Crippen molar-refractivity contribution < 1.29 is 9.90 Å². The zero-order chi connectivity index (χ0) is 20.1. The van der Waals surface area contributed by atoms with E-state index >= 15 is 0 Å². The van der Waals surface area contributed by atoms with Crippen molar-refractivity contribution in [3.05, 3.63) is 48.5 Å². The molecule has 0 atom stereocenters. The summed E-state index contributed by atoms with van der Waals surface area (Å²) in [5, 5.41) is 12.9. The fourth-order valence-corrected chi connectivity index (χ4v) is 3.38. The first-order valence-corrected chi connectivity index (χ1v) is 9.65. The Morgan fingerprint density at radius 1 is 1.03 bits per heavy atom. The van der Waals surface area contributed by atoms with Gasteiger partial charge in [0.15, 0.2) is 0 Å². The van der Waals surface area contributed by atoms with Crippen LogP contribution >= 0.6 is 0 Å². The summed E-state index contributed by atoms with van der Waals surface area (Å²) in [4.78, 5) is 33.3. The number of aromatic nitrogens is 4. The van der Waals surface area contributed by atoms with E-state index in [9.17, 15) is 4.79 Å². The van der Waals surface area contributed by atoms with Crippen LogP contribution in [0.15, 0.2) is 42.7 Å². The fourth-order valence-electron chi connectivity index (χ4n) is 3.38. The highest BCUT2D eigenvalue weighted by Crippen LogP contribution is 2.21. The molecule has 1 aliphatic heterocycles. The van der Waals surface area contributed by atoms with E-state index in [1.807, 2.05) is 30.3 Å². The number of hydrogen-bond acceptors (Lipinski definition) is 8. The standard InChI is InChI=1S/C20H23N7O2/c28-18(29)6-9-21-19-15-4-1-2-5-16(15)24-17(25-19)14-26-10-12-27(13-11-26)20-22-7-3-8-23-20/h1-5,7-8H,6,9-14H2,(H,28,29)(H,21,24,25). The van der Waals surface area contributed by atoms with E-state index in [1.54, 1.807) is 12.4 Å². The van der Waals surface area contributed by atoms with Crippen LogP contribution in [0.25, 0.3) is 10.9 Å². The molecule has 0 aliphatic carbocycles. The lowest BCUT2D eigenvalue weighted by atomic mass is 10.2. The number of anilines is 2. The van der Waals surface area contributed by atoms with E-state index in [-0.39, 0.29) is 6.42 Å². The second-order valence-electron chi connectivity index (χ2n) is 6.89. The summed E-state index contributed by atoms with van der Waals surface area (Å²) in [7, 11) is 0. The monoisotopic (exact) mass is 393 g/mol. The third-order valence-electron chi connectivity index (χ3n) is 4.85. The highest BCUT2D eigenvalue weighted by atomic mass is 16.4. The molecule has 1 aromatic carbocycles. The number of aliphatic carboxylic acids is 1. The number of fused-ring (bicyclic) bond motifs is 1. The summed E-state index contributed by atoms with van der Waals surface area (Å²) < 4.78 is 0. The lowest BCUT2D eigenvalue weighted by Gasteiger charge is -2.34. The minimum absolute atomic E-state index is 0.0389. The fraction of sp³-hybridized carbons (Fsp3) is 0.350. The average Bonchev–Trinajstić information content (AvgIpc) is 2.75. The largest absolute Gasteiger partial charge is 0.481 e. The highest BCUT2D eigenvalue weighted by Gasteiger charge is 2.20. The molecule has 9 nitrogen and oxygen atoms in total. The van der Waals surface area contributed by atoms with Crippen molar-refractivity contribution in [1.82, 2.24) is 24.8 Å². The zero-order valence-electron chi connectivity index (χ0n) is 16.0. The third kappa shape index (κ3) is 4.75. The van der Waals surface area contributed by atoms with Crippen molar-refractivity contribution in [3.63, 3.8) is 0 Å². The lowest BCUT2D eigenvalue weighted by Crippen LogP contribution is -2.46. The molecule has 9 heteroatoms. The molecule has 150 valence electrons. The number of para-hydroxylation sites is 1. The Balaban J connectivity index is 1.44. The van der Waals surface area contributed by atoms with E-state index in [1.165, 1.54) is 0 Å². The number of carboxylic acids is 1. The van der Waals surface area contributed by atoms with E-state index in [0.717, 1.165) is 48.9 Å². The maximum atomic E-state index is 10.8. The number of hydrogen-bond donors (Lipinski definition) is 2. The van der Waals surface area contributed by atoms with Crippen LogP contribution in [0, 0.1) is 0 Å². The Morgan fingerprint density at radius 3 is 2.55 bits per heavy atom. The van der Waals surface area contributed by atoms with Gasteiger partial charge < -0.3 is 15.3 Å². The van der Waals surface area contributed by atoms with Crippen molar-refractivity contribution in [2.75, 3.05) is 42.9 Å². The maximum Gasteiger partial charge on any atom is 0.305 e. The molecule has 3 heterocycles. The van der Waals surface area contributed by atoms with Crippen molar-refractivity contribution in [3.8, 4) is 0 Å². The van der Waals surface area contributed by atoms with E-state index in [2.05, 4.69) is 30.1 Å². The predicted molar refractivity (Wildman–Crippen MR) is 110 cm³/mol. The minimum atomic E-state index is -0.837. The molecule has 0 amide bonds. The van der Waals surface area contributed by atoms with Crippen LogP contribution in [0.3, 0.4) is 0 Å². The number of carboxylic acid groups (broad SMARTS) is 1. The number of benzene rings is 1. The Bertz CT molecular complexity index is 975. The van der Waals surface area contributed by atoms with E-state index < -0.39 is 5.97 Å². The Kier molecular flexibility index (Phi) is 5.76. The molecule has 2 N–H and O–H groups in total. The van der Waals surface area contributed by atoms with Gasteiger partial charge in [-0.2, -0.15) is 0 Å². The Hall–Kier alpha value is -3.33. The molecule has 3 aromatic rings. The average molecular weight is 393 g/mol. The van der Waals surface area contributed by atoms with Crippen molar-refractivity contribution in [2.45, 2.75) is 13.0 Å². The van der Waals surface area contributed by atoms with Crippen LogP contribution in [0.4, 0.5) is 11.8 Å². The van der Waals surface area contributed by atoms with E-state index in [4.69, 9.17) is 10.1 Å². The summed E-state index contributed by atoms with van der Waals surface area (Å²) >= 11 is 0. The predicted octanol–water partition coefficient (Wildman–Crippen LogP) is 1.63. The van der Waals surface area contributed by atoms with Crippen LogP contribution in [0.5, 0.6) is 0 Å². The zero-order valence-corrected chi connectivity index (χ0v) is 16.0. The molecule has 0 saturated carbocycles. The smallest absolute Gasteiger partial charge is 0.305 e. The summed E-state index contributed by atoms with van der Waals surface area (Å²) in [5.74, 6) is 1.34. The van der Waals surface area contributed by atoms with Gasteiger partial charge >= 0.3 is 5.97 Å². The number of rotatable bonds is 7. The summed E-state index contributed by atoms with van der Waals surface area (Å²) in [6, 6.07) is 9.59. The number of nitrogens with one attached hydrogen (secondary N) is 1. The molecule has 0 bridgehead atoms. The molecule has 0 radical (unpaired) electrons. The summed E-state index contributed by atoms with van der Waals surface area (Å²) in [6.07, 6.45) is 3.56. The Labute approximate surface area is 168 Å². The van der Waals surface area contributed by atoms with E-state index in [0.29, 0.717) is 18.9 Å². The van der Waals surface area contributed by atoms with Gasteiger partial charge in [0.2, 0.25) is 5.95 Å². The SMILES string of the molecule is O=C(O)CCNc1nc(CN2CCN(c3ncccn3)CC2)nc2ccccc12. The van der Waals surface area contributed by atoms with Crippen molar-refractivity contribution >= 4 is 28.6 Å². The summed E-state index contributed by atoms with van der Waals surface area (Å²) in [5.41, 5.74) is 0.853. The van der Waals surface area contributed by atoms with Crippen LogP contribution in [0.1, 0.15) is 12.2 Å². The molecule has 1 fully saturated rings. The molecule has 1 aliphatic rings. The summed E-state index contributed by atoms with van der Waals surface area (Å²) in [6.45, 7) is 4.41. The topological polar surface area (TPSA) is 107 Å². The second-order valence-corrected chi connectivity index (χ2v) is 6.89. The van der Waals surface area contributed by atoms with Crippen LogP contribution in [-0.4, -0.2) is 68.6 Å². The van der Waals surface area contributed by atoms with Crippen molar-refractivity contribution in [2.24, 2.45) is 0 Å². The van der Waals surface area contributed by atoms with Gasteiger partial charge in [0.05, 0.1) is 18.5 Å². The van der Waals surface area contributed by atoms with Gasteiger partial charge in [0.1, 0.15) is 11.6 Å². The quantitative estimate of drug-likeness (QED) is 0.619. The number of carbonyl (C=O) groups is 1. The first-order chi connectivity index (χ1) is 14.2. The Morgan fingerprint density at radius 2 is 1.79 bits per heavy atom. The van der Waals surface area contributed by atoms with Gasteiger partial charge in [-0.25, -0.2) is 19.9 Å². The van der Waals surface area contributed by atoms with Gasteiger partial charge in [0.25, 0.3) is 0 Å². The number of nitrogens with zero attached hydrogens (tertiary/aromatic N) is 6. The molecule has 4 rings (SSSR count). The number of piperazine rings is 1. The second kappa shape index (κ2) is 8.78. The van der Waals surface area contributed by atoms with Gasteiger partial charge in [-0.1, -0.05) is 12.1 Å². The highest BCUT2D eigenvalue weighted by molar-refractivity contribution is 5.89. The van der Waals surface area contributed by atoms with Gasteiger partial charge in [-0.3, -0.25) is 9.69 Å².